The van der Waals surface area contributed by atoms with Crippen LogP contribution in [-0.2, 0) is 0 Å². The van der Waals surface area contributed by atoms with Gasteiger partial charge in [0, 0.05) is 18.7 Å². The zero-order valence-electron chi connectivity index (χ0n) is 10.4. The summed E-state index contributed by atoms with van der Waals surface area (Å²) in [6.45, 7) is 3.56. The summed E-state index contributed by atoms with van der Waals surface area (Å²) in [5.41, 5.74) is 1.85. The molecule has 92 valence electrons. The molecule has 0 N–H and O–H groups in total. The zero-order chi connectivity index (χ0) is 13.0. The second kappa shape index (κ2) is 5.78. The monoisotopic (exact) mass is 258 g/mol. The quantitative estimate of drug-likeness (QED) is 0.622. The molecule has 0 aliphatic heterocycles. The Morgan fingerprint density at radius 1 is 1.28 bits per heavy atom. The Kier molecular flexibility index (Phi) is 4.10. The van der Waals surface area contributed by atoms with Crippen molar-refractivity contribution in [1.82, 2.24) is 9.97 Å². The molecule has 0 amide bonds. The summed E-state index contributed by atoms with van der Waals surface area (Å²) in [6, 6.07) is 9.87. The van der Waals surface area contributed by atoms with Crippen LogP contribution in [0, 0.1) is 0 Å². The van der Waals surface area contributed by atoms with E-state index in [1.807, 2.05) is 30.3 Å². The fraction of sp³-hybridized carbons (Fsp3) is 0.214. The standard InChI is InChI=1S/C14H14N2OS/c1-3-18-12-9-15-14(10(2)17)16-13(12)11-7-5-4-6-8-11/h4-9H,3H2,1-2H3. The Labute approximate surface area is 111 Å². The van der Waals surface area contributed by atoms with Gasteiger partial charge in [0.1, 0.15) is 0 Å². The van der Waals surface area contributed by atoms with Gasteiger partial charge < -0.3 is 0 Å². The summed E-state index contributed by atoms with van der Waals surface area (Å²) in [5, 5.41) is 0. The molecule has 18 heavy (non-hydrogen) atoms. The van der Waals surface area contributed by atoms with Gasteiger partial charge in [-0.1, -0.05) is 37.3 Å². The Balaban J connectivity index is 2.54. The lowest BCUT2D eigenvalue weighted by Crippen LogP contribution is -2.03. The van der Waals surface area contributed by atoms with E-state index in [0.29, 0.717) is 0 Å². The molecule has 1 aromatic carbocycles. The van der Waals surface area contributed by atoms with Crippen LogP contribution in [0.5, 0.6) is 0 Å². The van der Waals surface area contributed by atoms with E-state index >= 15 is 0 Å². The van der Waals surface area contributed by atoms with Gasteiger partial charge in [-0.05, 0) is 5.75 Å². The number of hydrogen-bond donors (Lipinski definition) is 0. The van der Waals surface area contributed by atoms with E-state index < -0.39 is 0 Å². The van der Waals surface area contributed by atoms with Gasteiger partial charge >= 0.3 is 0 Å². The molecule has 0 saturated carbocycles. The molecule has 1 heterocycles. The third kappa shape index (κ3) is 2.76. The highest BCUT2D eigenvalue weighted by atomic mass is 32.2. The molecule has 4 heteroatoms. The van der Waals surface area contributed by atoms with Gasteiger partial charge in [-0.2, -0.15) is 0 Å². The smallest absolute Gasteiger partial charge is 0.196 e. The number of ketones is 1. The van der Waals surface area contributed by atoms with Crippen molar-refractivity contribution in [2.45, 2.75) is 18.7 Å². The molecule has 0 bridgehead atoms. The number of thioether (sulfide) groups is 1. The van der Waals surface area contributed by atoms with Crippen LogP contribution in [0.3, 0.4) is 0 Å². The van der Waals surface area contributed by atoms with Gasteiger partial charge in [0.15, 0.2) is 11.6 Å². The van der Waals surface area contributed by atoms with Crippen LogP contribution in [0.15, 0.2) is 41.4 Å². The van der Waals surface area contributed by atoms with Gasteiger partial charge in [-0.15, -0.1) is 11.8 Å². The summed E-state index contributed by atoms with van der Waals surface area (Å²) < 4.78 is 0. The van der Waals surface area contributed by atoms with E-state index in [4.69, 9.17) is 0 Å². The van der Waals surface area contributed by atoms with Gasteiger partial charge in [-0.3, -0.25) is 4.79 Å². The number of hydrogen-bond acceptors (Lipinski definition) is 4. The Morgan fingerprint density at radius 2 is 2.00 bits per heavy atom. The van der Waals surface area contributed by atoms with Gasteiger partial charge in [0.2, 0.25) is 0 Å². The van der Waals surface area contributed by atoms with Crippen LogP contribution < -0.4 is 0 Å². The highest BCUT2D eigenvalue weighted by Crippen LogP contribution is 2.28. The number of Topliss-reactive ketones (excluding diaryl/α,β-unsaturated/α-hetero) is 1. The molecule has 3 nitrogen and oxygen atoms in total. The van der Waals surface area contributed by atoms with Gasteiger partial charge in [-0.25, -0.2) is 9.97 Å². The van der Waals surface area contributed by atoms with Crippen LogP contribution in [0.4, 0.5) is 0 Å². The third-order valence-corrected chi connectivity index (χ3v) is 3.32. The summed E-state index contributed by atoms with van der Waals surface area (Å²) in [6.07, 6.45) is 1.74. The maximum absolute atomic E-state index is 11.4. The number of carbonyl (C=O) groups is 1. The van der Waals surface area contributed by atoms with Crippen molar-refractivity contribution in [3.05, 3.63) is 42.4 Å². The minimum Gasteiger partial charge on any atom is -0.291 e. The number of carbonyl (C=O) groups excluding carboxylic acids is 1. The highest BCUT2D eigenvalue weighted by molar-refractivity contribution is 7.99. The van der Waals surface area contributed by atoms with Crippen molar-refractivity contribution >= 4 is 17.5 Å². The first-order valence-electron chi connectivity index (χ1n) is 5.78. The maximum atomic E-state index is 11.4. The van der Waals surface area contributed by atoms with E-state index in [-0.39, 0.29) is 11.6 Å². The molecule has 0 unspecified atom stereocenters. The molecule has 0 saturated heterocycles. The minimum absolute atomic E-state index is 0.111. The average molecular weight is 258 g/mol. The Morgan fingerprint density at radius 3 is 2.61 bits per heavy atom. The van der Waals surface area contributed by atoms with E-state index in [9.17, 15) is 4.79 Å². The summed E-state index contributed by atoms with van der Waals surface area (Å²) >= 11 is 1.68. The molecule has 2 rings (SSSR count). The van der Waals surface area contributed by atoms with E-state index in [2.05, 4.69) is 16.9 Å². The molecule has 1 aromatic heterocycles. The van der Waals surface area contributed by atoms with Crippen LogP contribution in [0.1, 0.15) is 24.5 Å². The highest BCUT2D eigenvalue weighted by Gasteiger charge is 2.11. The fourth-order valence-corrected chi connectivity index (χ4v) is 2.34. The second-order valence-corrected chi connectivity index (χ2v) is 5.07. The SMILES string of the molecule is CCSc1cnc(C(C)=O)nc1-c1ccccc1. The number of rotatable bonds is 4. The molecular weight excluding hydrogens is 244 g/mol. The normalized spacial score (nSPS) is 10.3. The first-order chi connectivity index (χ1) is 8.72. The average Bonchev–Trinajstić information content (AvgIpc) is 2.40. The van der Waals surface area contributed by atoms with Crippen LogP contribution in [0.25, 0.3) is 11.3 Å². The minimum atomic E-state index is -0.111. The maximum Gasteiger partial charge on any atom is 0.196 e. The third-order valence-electron chi connectivity index (χ3n) is 2.42. The number of nitrogens with zero attached hydrogens (tertiary/aromatic N) is 2. The van der Waals surface area contributed by atoms with E-state index in [1.165, 1.54) is 6.92 Å². The van der Waals surface area contributed by atoms with Crippen molar-refractivity contribution in [1.29, 1.82) is 0 Å². The predicted octanol–water partition coefficient (Wildman–Crippen LogP) is 3.46. The van der Waals surface area contributed by atoms with Crippen LogP contribution in [0.2, 0.25) is 0 Å². The predicted molar refractivity (Wildman–Crippen MR) is 73.9 cm³/mol. The lowest BCUT2D eigenvalue weighted by atomic mass is 10.1. The molecule has 0 atom stereocenters. The summed E-state index contributed by atoms with van der Waals surface area (Å²) in [7, 11) is 0. The fourth-order valence-electron chi connectivity index (χ4n) is 1.60. The van der Waals surface area contributed by atoms with Gasteiger partial charge in [0.05, 0.1) is 10.6 Å². The molecule has 0 aliphatic carbocycles. The van der Waals surface area contributed by atoms with Crippen LogP contribution in [-0.4, -0.2) is 21.5 Å². The summed E-state index contributed by atoms with van der Waals surface area (Å²) in [4.78, 5) is 20.9. The lowest BCUT2D eigenvalue weighted by Gasteiger charge is -2.08. The van der Waals surface area contributed by atoms with Gasteiger partial charge in [0.25, 0.3) is 0 Å². The number of benzene rings is 1. The molecule has 0 radical (unpaired) electrons. The molecule has 0 fully saturated rings. The van der Waals surface area contributed by atoms with Crippen molar-refractivity contribution < 1.29 is 4.79 Å². The topological polar surface area (TPSA) is 42.9 Å². The second-order valence-electron chi connectivity index (χ2n) is 3.76. The first-order valence-corrected chi connectivity index (χ1v) is 6.77. The Hall–Kier alpha value is -1.68. The van der Waals surface area contributed by atoms with Crippen LogP contribution >= 0.6 is 11.8 Å². The molecule has 0 aliphatic rings. The number of aromatic nitrogens is 2. The van der Waals surface area contributed by atoms with Crippen molar-refractivity contribution in [2.24, 2.45) is 0 Å². The molecular formula is C14H14N2OS. The molecule has 2 aromatic rings. The molecule has 0 spiro atoms. The van der Waals surface area contributed by atoms with E-state index in [0.717, 1.165) is 21.9 Å². The van der Waals surface area contributed by atoms with Crippen molar-refractivity contribution in [3.8, 4) is 11.3 Å². The lowest BCUT2D eigenvalue weighted by molar-refractivity contribution is 0.100. The Bertz CT molecular complexity index is 555. The first kappa shape index (κ1) is 12.8. The van der Waals surface area contributed by atoms with Crippen molar-refractivity contribution in [2.75, 3.05) is 5.75 Å². The summed E-state index contributed by atoms with van der Waals surface area (Å²) in [5.74, 6) is 1.11. The largest absolute Gasteiger partial charge is 0.291 e. The zero-order valence-corrected chi connectivity index (χ0v) is 11.2. The van der Waals surface area contributed by atoms with E-state index in [1.54, 1.807) is 18.0 Å². The van der Waals surface area contributed by atoms with Crippen molar-refractivity contribution in [3.63, 3.8) is 0 Å².